The van der Waals surface area contributed by atoms with Crippen LogP contribution < -0.4 is 5.32 Å². The first-order valence-electron chi connectivity index (χ1n) is 6.76. The highest BCUT2D eigenvalue weighted by atomic mass is 32.2. The van der Waals surface area contributed by atoms with Crippen LogP contribution in [0.25, 0.3) is 0 Å². The van der Waals surface area contributed by atoms with Crippen molar-refractivity contribution in [1.29, 1.82) is 0 Å². The van der Waals surface area contributed by atoms with E-state index >= 15 is 0 Å². The van der Waals surface area contributed by atoms with Gasteiger partial charge in [0.15, 0.2) is 0 Å². The van der Waals surface area contributed by atoms with Crippen molar-refractivity contribution in [1.82, 2.24) is 9.62 Å². The summed E-state index contributed by atoms with van der Waals surface area (Å²) in [6.45, 7) is 3.71. The lowest BCUT2D eigenvalue weighted by molar-refractivity contribution is 0.246. The molecule has 1 saturated heterocycles. The SMILES string of the molecule is CCC1CCCCN1S(=O)(=O)CCCCNC. The molecular formula is C12H26N2O2S. The topological polar surface area (TPSA) is 49.4 Å². The summed E-state index contributed by atoms with van der Waals surface area (Å²) in [7, 11) is -1.12. The van der Waals surface area contributed by atoms with Gasteiger partial charge < -0.3 is 5.32 Å². The van der Waals surface area contributed by atoms with E-state index in [1.165, 1.54) is 6.42 Å². The maximum Gasteiger partial charge on any atom is 0.214 e. The van der Waals surface area contributed by atoms with Crippen molar-refractivity contribution in [2.75, 3.05) is 25.9 Å². The van der Waals surface area contributed by atoms with Crippen LogP contribution >= 0.6 is 0 Å². The Bertz CT molecular complexity index is 304. The van der Waals surface area contributed by atoms with E-state index in [0.717, 1.165) is 45.2 Å². The van der Waals surface area contributed by atoms with Crippen LogP contribution in [0.5, 0.6) is 0 Å². The molecule has 0 aromatic heterocycles. The number of unbranched alkanes of at least 4 members (excludes halogenated alkanes) is 1. The lowest BCUT2D eigenvalue weighted by atomic mass is 10.0. The molecule has 0 saturated carbocycles. The third-order valence-corrected chi connectivity index (χ3v) is 5.48. The van der Waals surface area contributed by atoms with Gasteiger partial charge in [-0.15, -0.1) is 0 Å². The van der Waals surface area contributed by atoms with E-state index in [1.54, 1.807) is 4.31 Å². The van der Waals surface area contributed by atoms with E-state index in [4.69, 9.17) is 0 Å². The highest BCUT2D eigenvalue weighted by Gasteiger charge is 2.30. The Morgan fingerprint density at radius 1 is 1.29 bits per heavy atom. The molecule has 1 atom stereocenters. The Morgan fingerprint density at radius 2 is 2.06 bits per heavy atom. The molecule has 0 amide bonds. The van der Waals surface area contributed by atoms with Gasteiger partial charge in [0.1, 0.15) is 0 Å². The molecule has 1 rings (SSSR count). The standard InChI is InChI=1S/C12H26N2O2S/c1-3-12-8-4-6-10-14(12)17(15,16)11-7-5-9-13-2/h12-13H,3-11H2,1-2H3. The Labute approximate surface area is 106 Å². The first kappa shape index (κ1) is 14.9. The molecule has 1 aliphatic heterocycles. The first-order valence-corrected chi connectivity index (χ1v) is 8.37. The molecule has 0 aliphatic carbocycles. The van der Waals surface area contributed by atoms with Crippen molar-refractivity contribution in [3.63, 3.8) is 0 Å². The van der Waals surface area contributed by atoms with Gasteiger partial charge in [0, 0.05) is 12.6 Å². The third-order valence-electron chi connectivity index (χ3n) is 3.48. The number of rotatable bonds is 7. The highest BCUT2D eigenvalue weighted by molar-refractivity contribution is 7.89. The summed E-state index contributed by atoms with van der Waals surface area (Å²) < 4.78 is 26.2. The van der Waals surface area contributed by atoms with Gasteiger partial charge in [-0.3, -0.25) is 0 Å². The molecule has 4 nitrogen and oxygen atoms in total. The van der Waals surface area contributed by atoms with Crippen molar-refractivity contribution in [2.45, 2.75) is 51.5 Å². The molecule has 1 unspecified atom stereocenters. The molecule has 0 radical (unpaired) electrons. The lowest BCUT2D eigenvalue weighted by Gasteiger charge is -2.34. The monoisotopic (exact) mass is 262 g/mol. The van der Waals surface area contributed by atoms with E-state index in [-0.39, 0.29) is 6.04 Å². The van der Waals surface area contributed by atoms with Crippen LogP contribution in [0.15, 0.2) is 0 Å². The minimum atomic E-state index is -3.02. The van der Waals surface area contributed by atoms with Crippen LogP contribution in [-0.2, 0) is 10.0 Å². The molecule has 102 valence electrons. The summed E-state index contributed by atoms with van der Waals surface area (Å²) >= 11 is 0. The van der Waals surface area contributed by atoms with Crippen LogP contribution in [0.4, 0.5) is 0 Å². The zero-order chi connectivity index (χ0) is 12.7. The van der Waals surface area contributed by atoms with Gasteiger partial charge in [0.05, 0.1) is 5.75 Å². The summed E-state index contributed by atoms with van der Waals surface area (Å²) in [4.78, 5) is 0. The van der Waals surface area contributed by atoms with Crippen molar-refractivity contribution in [3.05, 3.63) is 0 Å². The average Bonchev–Trinajstić information content (AvgIpc) is 2.34. The number of nitrogens with zero attached hydrogens (tertiary/aromatic N) is 1. The van der Waals surface area contributed by atoms with Gasteiger partial charge in [-0.2, -0.15) is 4.31 Å². The van der Waals surface area contributed by atoms with E-state index in [0.29, 0.717) is 5.75 Å². The van der Waals surface area contributed by atoms with Crippen LogP contribution in [0.2, 0.25) is 0 Å². The minimum Gasteiger partial charge on any atom is -0.320 e. The molecule has 1 heterocycles. The van der Waals surface area contributed by atoms with Gasteiger partial charge in [-0.25, -0.2) is 8.42 Å². The smallest absolute Gasteiger partial charge is 0.214 e. The fraction of sp³-hybridized carbons (Fsp3) is 1.00. The van der Waals surface area contributed by atoms with Crippen molar-refractivity contribution < 1.29 is 8.42 Å². The molecule has 1 N–H and O–H groups in total. The Kier molecular flexibility index (Phi) is 6.44. The quantitative estimate of drug-likeness (QED) is 0.709. The van der Waals surface area contributed by atoms with E-state index in [9.17, 15) is 8.42 Å². The second kappa shape index (κ2) is 7.34. The maximum absolute atomic E-state index is 12.2. The predicted molar refractivity (Wildman–Crippen MR) is 71.6 cm³/mol. The molecule has 5 heteroatoms. The van der Waals surface area contributed by atoms with E-state index in [1.807, 2.05) is 7.05 Å². The Morgan fingerprint density at radius 3 is 2.71 bits per heavy atom. The van der Waals surface area contributed by atoms with Crippen LogP contribution in [-0.4, -0.2) is 44.7 Å². The van der Waals surface area contributed by atoms with Gasteiger partial charge in [-0.05, 0) is 45.7 Å². The molecular weight excluding hydrogens is 236 g/mol. The normalized spacial score (nSPS) is 22.8. The molecule has 1 fully saturated rings. The number of piperidine rings is 1. The van der Waals surface area contributed by atoms with Crippen molar-refractivity contribution in [2.24, 2.45) is 0 Å². The molecule has 0 spiro atoms. The number of nitrogens with one attached hydrogen (secondary N) is 1. The fourth-order valence-electron chi connectivity index (χ4n) is 2.45. The summed E-state index contributed by atoms with van der Waals surface area (Å²) in [5, 5.41) is 3.05. The highest BCUT2D eigenvalue weighted by Crippen LogP contribution is 2.23. The van der Waals surface area contributed by atoms with E-state index in [2.05, 4.69) is 12.2 Å². The largest absolute Gasteiger partial charge is 0.320 e. The second-order valence-corrected chi connectivity index (χ2v) is 6.84. The fourth-order valence-corrected chi connectivity index (χ4v) is 4.37. The summed E-state index contributed by atoms with van der Waals surface area (Å²) in [6, 6.07) is 0.248. The molecule has 0 bridgehead atoms. The molecule has 0 aromatic rings. The van der Waals surface area contributed by atoms with Gasteiger partial charge >= 0.3 is 0 Å². The maximum atomic E-state index is 12.2. The second-order valence-electron chi connectivity index (χ2n) is 4.80. The Balaban J connectivity index is 2.49. The molecule has 1 aliphatic rings. The zero-order valence-corrected chi connectivity index (χ0v) is 11.9. The first-order chi connectivity index (χ1) is 8.11. The third kappa shape index (κ3) is 4.56. The molecule has 17 heavy (non-hydrogen) atoms. The van der Waals surface area contributed by atoms with Gasteiger partial charge in [0.2, 0.25) is 10.0 Å². The van der Waals surface area contributed by atoms with Crippen LogP contribution in [0.3, 0.4) is 0 Å². The molecule has 0 aromatic carbocycles. The van der Waals surface area contributed by atoms with Gasteiger partial charge in [-0.1, -0.05) is 13.3 Å². The van der Waals surface area contributed by atoms with E-state index < -0.39 is 10.0 Å². The van der Waals surface area contributed by atoms with Crippen molar-refractivity contribution >= 4 is 10.0 Å². The Hall–Kier alpha value is -0.130. The number of hydrogen-bond acceptors (Lipinski definition) is 3. The van der Waals surface area contributed by atoms with Gasteiger partial charge in [0.25, 0.3) is 0 Å². The average molecular weight is 262 g/mol. The van der Waals surface area contributed by atoms with Crippen LogP contribution in [0, 0.1) is 0 Å². The number of sulfonamides is 1. The summed E-state index contributed by atoms with van der Waals surface area (Å²) in [6.07, 6.45) is 5.86. The summed E-state index contributed by atoms with van der Waals surface area (Å²) in [5.74, 6) is 0.311. The lowest BCUT2D eigenvalue weighted by Crippen LogP contribution is -2.44. The number of hydrogen-bond donors (Lipinski definition) is 1. The van der Waals surface area contributed by atoms with Crippen LogP contribution in [0.1, 0.15) is 45.4 Å². The zero-order valence-electron chi connectivity index (χ0n) is 11.1. The predicted octanol–water partition coefficient (Wildman–Crippen LogP) is 1.58. The summed E-state index contributed by atoms with van der Waals surface area (Å²) in [5.41, 5.74) is 0. The minimum absolute atomic E-state index is 0.248. The van der Waals surface area contributed by atoms with Crippen molar-refractivity contribution in [3.8, 4) is 0 Å².